The standard InChI is InChI=1S/C17H22N2O5S/c1-5-24-17(20)15-11(2)19-12(3)16(15)25(21,22)18-10-13-6-8-14(23-4)9-7-13/h6-9,18-19H,5,10H2,1-4H3. The summed E-state index contributed by atoms with van der Waals surface area (Å²) in [5.41, 5.74) is 1.66. The van der Waals surface area contributed by atoms with Gasteiger partial charge in [0.1, 0.15) is 16.2 Å². The molecule has 0 aliphatic heterocycles. The zero-order valence-electron chi connectivity index (χ0n) is 14.7. The highest BCUT2D eigenvalue weighted by Gasteiger charge is 2.29. The number of rotatable bonds is 7. The van der Waals surface area contributed by atoms with E-state index >= 15 is 0 Å². The van der Waals surface area contributed by atoms with Crippen molar-refractivity contribution in [2.75, 3.05) is 13.7 Å². The quantitative estimate of drug-likeness (QED) is 0.733. The van der Waals surface area contributed by atoms with Crippen molar-refractivity contribution in [1.29, 1.82) is 0 Å². The molecule has 0 aliphatic carbocycles. The predicted molar refractivity (Wildman–Crippen MR) is 93.2 cm³/mol. The molecule has 8 heteroatoms. The summed E-state index contributed by atoms with van der Waals surface area (Å²) < 4.78 is 38.0. The summed E-state index contributed by atoms with van der Waals surface area (Å²) in [6, 6.07) is 7.03. The molecule has 1 aromatic heterocycles. The number of ether oxygens (including phenoxy) is 2. The molecule has 136 valence electrons. The van der Waals surface area contributed by atoms with Crippen LogP contribution in [0.3, 0.4) is 0 Å². The summed E-state index contributed by atoms with van der Waals surface area (Å²) in [6.07, 6.45) is 0. The van der Waals surface area contributed by atoms with Crippen LogP contribution in [0.5, 0.6) is 5.75 Å². The van der Waals surface area contributed by atoms with E-state index in [1.807, 2.05) is 0 Å². The molecule has 0 fully saturated rings. The van der Waals surface area contributed by atoms with Gasteiger partial charge in [-0.05, 0) is 38.5 Å². The second-order valence-corrected chi connectivity index (χ2v) is 7.18. The molecule has 25 heavy (non-hydrogen) atoms. The monoisotopic (exact) mass is 366 g/mol. The number of aryl methyl sites for hydroxylation is 2. The Balaban J connectivity index is 2.28. The van der Waals surface area contributed by atoms with Gasteiger partial charge in [-0.25, -0.2) is 17.9 Å². The van der Waals surface area contributed by atoms with Crippen molar-refractivity contribution in [3.63, 3.8) is 0 Å². The lowest BCUT2D eigenvalue weighted by molar-refractivity contribution is 0.0521. The summed E-state index contributed by atoms with van der Waals surface area (Å²) in [7, 11) is -2.33. The summed E-state index contributed by atoms with van der Waals surface area (Å²) in [5, 5.41) is 0. The number of hydrogen-bond acceptors (Lipinski definition) is 5. The molecule has 0 aliphatic rings. The molecule has 2 N–H and O–H groups in total. The maximum absolute atomic E-state index is 12.7. The van der Waals surface area contributed by atoms with Crippen molar-refractivity contribution in [1.82, 2.24) is 9.71 Å². The lowest BCUT2D eigenvalue weighted by Crippen LogP contribution is -2.25. The van der Waals surface area contributed by atoms with Crippen LogP contribution in [0, 0.1) is 13.8 Å². The summed E-state index contributed by atoms with van der Waals surface area (Å²) in [4.78, 5) is 15.0. The first-order chi connectivity index (χ1) is 11.8. The summed E-state index contributed by atoms with van der Waals surface area (Å²) >= 11 is 0. The SMILES string of the molecule is CCOC(=O)c1c(C)[nH]c(C)c1S(=O)(=O)NCc1ccc(OC)cc1. The smallest absolute Gasteiger partial charge is 0.341 e. The number of benzene rings is 1. The van der Waals surface area contributed by atoms with Crippen molar-refractivity contribution >= 4 is 16.0 Å². The Hall–Kier alpha value is -2.32. The van der Waals surface area contributed by atoms with Gasteiger partial charge in [-0.2, -0.15) is 0 Å². The van der Waals surface area contributed by atoms with Crippen LogP contribution in [0.4, 0.5) is 0 Å². The van der Waals surface area contributed by atoms with Crippen molar-refractivity contribution in [2.24, 2.45) is 0 Å². The van der Waals surface area contributed by atoms with Crippen molar-refractivity contribution in [2.45, 2.75) is 32.2 Å². The number of hydrogen-bond donors (Lipinski definition) is 2. The topological polar surface area (TPSA) is 97.5 Å². The van der Waals surface area contributed by atoms with Gasteiger partial charge in [-0.3, -0.25) is 0 Å². The van der Waals surface area contributed by atoms with E-state index in [-0.39, 0.29) is 23.6 Å². The Kier molecular flexibility index (Phi) is 5.86. The van der Waals surface area contributed by atoms with Gasteiger partial charge >= 0.3 is 5.97 Å². The first-order valence-corrected chi connectivity index (χ1v) is 9.27. The van der Waals surface area contributed by atoms with E-state index in [0.717, 1.165) is 5.56 Å². The fourth-order valence-electron chi connectivity index (χ4n) is 2.54. The zero-order valence-corrected chi connectivity index (χ0v) is 15.5. The average Bonchev–Trinajstić information content (AvgIpc) is 2.88. The molecule has 0 saturated heterocycles. The molecule has 0 radical (unpaired) electrons. The van der Waals surface area contributed by atoms with Gasteiger partial charge in [-0.1, -0.05) is 12.1 Å². The lowest BCUT2D eigenvalue weighted by Gasteiger charge is -2.10. The maximum Gasteiger partial charge on any atom is 0.341 e. The molecule has 0 bridgehead atoms. The number of esters is 1. The van der Waals surface area contributed by atoms with Gasteiger partial charge in [0.05, 0.1) is 13.7 Å². The fourth-order valence-corrected chi connectivity index (χ4v) is 4.00. The second-order valence-electron chi connectivity index (χ2n) is 5.47. The highest BCUT2D eigenvalue weighted by atomic mass is 32.2. The minimum Gasteiger partial charge on any atom is -0.497 e. The van der Waals surface area contributed by atoms with Crippen LogP contribution in [0.1, 0.15) is 34.2 Å². The van der Waals surface area contributed by atoms with Crippen LogP contribution in [-0.2, 0) is 21.3 Å². The molecule has 0 atom stereocenters. The van der Waals surface area contributed by atoms with Gasteiger partial charge in [0.15, 0.2) is 0 Å². The highest BCUT2D eigenvalue weighted by Crippen LogP contribution is 2.24. The molecular weight excluding hydrogens is 344 g/mol. The van der Waals surface area contributed by atoms with E-state index in [9.17, 15) is 13.2 Å². The third kappa shape index (κ3) is 4.21. The van der Waals surface area contributed by atoms with E-state index in [0.29, 0.717) is 17.1 Å². The molecule has 2 rings (SSSR count). The number of sulfonamides is 1. The predicted octanol–water partition coefficient (Wildman–Crippen LogP) is 2.30. The normalized spacial score (nSPS) is 11.4. The first-order valence-electron chi connectivity index (χ1n) is 7.79. The largest absolute Gasteiger partial charge is 0.497 e. The third-order valence-electron chi connectivity index (χ3n) is 3.69. The number of H-pyrrole nitrogens is 1. The summed E-state index contributed by atoms with van der Waals surface area (Å²) in [5.74, 6) is 0.0301. The van der Waals surface area contributed by atoms with Crippen molar-refractivity contribution in [3.05, 3.63) is 46.8 Å². The molecule has 7 nitrogen and oxygen atoms in total. The molecule has 0 saturated carbocycles. The van der Waals surface area contributed by atoms with Crippen LogP contribution in [0.25, 0.3) is 0 Å². The molecule has 0 amide bonds. The Labute approximate surface area is 147 Å². The Morgan fingerprint density at radius 1 is 1.16 bits per heavy atom. The number of aromatic amines is 1. The lowest BCUT2D eigenvalue weighted by atomic mass is 10.2. The number of aromatic nitrogens is 1. The van der Waals surface area contributed by atoms with Gasteiger partial charge in [-0.15, -0.1) is 0 Å². The van der Waals surface area contributed by atoms with Gasteiger partial charge < -0.3 is 14.5 Å². The van der Waals surface area contributed by atoms with E-state index in [4.69, 9.17) is 9.47 Å². The molecular formula is C17H22N2O5S. The second kappa shape index (κ2) is 7.71. The minimum atomic E-state index is -3.89. The van der Waals surface area contributed by atoms with E-state index in [1.165, 1.54) is 0 Å². The van der Waals surface area contributed by atoms with Gasteiger partial charge in [0.25, 0.3) is 0 Å². The van der Waals surface area contributed by atoms with E-state index < -0.39 is 16.0 Å². The van der Waals surface area contributed by atoms with Crippen LogP contribution >= 0.6 is 0 Å². The number of nitrogens with one attached hydrogen (secondary N) is 2. The Morgan fingerprint density at radius 3 is 2.36 bits per heavy atom. The minimum absolute atomic E-state index is 0.0431. The van der Waals surface area contributed by atoms with E-state index in [1.54, 1.807) is 52.1 Å². The van der Waals surface area contributed by atoms with Crippen LogP contribution < -0.4 is 9.46 Å². The molecule has 0 unspecified atom stereocenters. The third-order valence-corrected chi connectivity index (χ3v) is 5.26. The van der Waals surface area contributed by atoms with Crippen molar-refractivity contribution in [3.8, 4) is 5.75 Å². The van der Waals surface area contributed by atoms with Crippen LogP contribution in [0.2, 0.25) is 0 Å². The van der Waals surface area contributed by atoms with Gasteiger partial charge in [0, 0.05) is 17.9 Å². The number of carbonyl (C=O) groups is 1. The zero-order chi connectivity index (χ0) is 18.6. The summed E-state index contributed by atoms with van der Waals surface area (Å²) in [6.45, 7) is 5.18. The Morgan fingerprint density at radius 2 is 1.80 bits per heavy atom. The van der Waals surface area contributed by atoms with E-state index in [2.05, 4.69) is 9.71 Å². The number of methoxy groups -OCH3 is 1. The Bertz CT molecular complexity index is 854. The number of carbonyl (C=O) groups excluding carboxylic acids is 1. The molecule has 1 heterocycles. The fraction of sp³-hybridized carbons (Fsp3) is 0.353. The first kappa shape index (κ1) is 19.0. The van der Waals surface area contributed by atoms with Crippen LogP contribution in [-0.4, -0.2) is 33.1 Å². The molecule has 2 aromatic rings. The molecule has 0 spiro atoms. The van der Waals surface area contributed by atoms with Crippen LogP contribution in [0.15, 0.2) is 29.2 Å². The highest BCUT2D eigenvalue weighted by molar-refractivity contribution is 7.89. The molecule has 1 aromatic carbocycles. The van der Waals surface area contributed by atoms with Gasteiger partial charge in [0.2, 0.25) is 10.0 Å². The maximum atomic E-state index is 12.7. The average molecular weight is 366 g/mol. The van der Waals surface area contributed by atoms with Crippen molar-refractivity contribution < 1.29 is 22.7 Å².